The number of rotatable bonds is 9. The number of carbonyl (C=O) groups is 1. The van der Waals surface area contributed by atoms with Gasteiger partial charge in [0.1, 0.15) is 0 Å². The van der Waals surface area contributed by atoms with E-state index in [0.29, 0.717) is 12.6 Å². The Morgan fingerprint density at radius 3 is 2.60 bits per heavy atom. The molecule has 0 aromatic rings. The van der Waals surface area contributed by atoms with Crippen LogP contribution >= 0.6 is 0 Å². The number of hydrogen-bond donors (Lipinski definition) is 1. The van der Waals surface area contributed by atoms with E-state index >= 15 is 0 Å². The van der Waals surface area contributed by atoms with Gasteiger partial charge in [0.05, 0.1) is 6.54 Å². The van der Waals surface area contributed by atoms with Crippen molar-refractivity contribution in [3.8, 4) is 0 Å². The lowest BCUT2D eigenvalue weighted by Gasteiger charge is -2.26. The smallest absolute Gasteiger partial charge is 0.317 e. The summed E-state index contributed by atoms with van der Waals surface area (Å²) in [6.45, 7) is 8.45. The maximum Gasteiger partial charge on any atom is 0.317 e. The van der Waals surface area contributed by atoms with Crippen molar-refractivity contribution in [3.05, 3.63) is 0 Å². The van der Waals surface area contributed by atoms with Gasteiger partial charge in [0.25, 0.3) is 0 Å². The van der Waals surface area contributed by atoms with Crippen LogP contribution in [0.5, 0.6) is 0 Å². The second-order valence-electron chi connectivity index (χ2n) is 3.67. The van der Waals surface area contributed by atoms with Gasteiger partial charge in [0.15, 0.2) is 0 Å². The molecule has 0 heterocycles. The number of nitrogens with zero attached hydrogens (tertiary/aromatic N) is 1. The molecule has 0 radical (unpaired) electrons. The van der Waals surface area contributed by atoms with Crippen molar-refractivity contribution in [1.29, 1.82) is 0 Å². The number of carboxylic acid groups (broad SMARTS) is 1. The molecule has 0 aromatic heterocycles. The first-order valence-corrected chi connectivity index (χ1v) is 5.65. The van der Waals surface area contributed by atoms with E-state index in [9.17, 15) is 4.79 Å². The third-order valence-electron chi connectivity index (χ3n) is 2.49. The van der Waals surface area contributed by atoms with Crippen molar-refractivity contribution < 1.29 is 14.6 Å². The summed E-state index contributed by atoms with van der Waals surface area (Å²) >= 11 is 0. The molecule has 0 rings (SSSR count). The summed E-state index contributed by atoms with van der Waals surface area (Å²) in [5.74, 6) is -0.758. The van der Waals surface area contributed by atoms with Gasteiger partial charge < -0.3 is 9.84 Å². The normalized spacial score (nSPS) is 13.1. The van der Waals surface area contributed by atoms with Crippen LogP contribution in [0.15, 0.2) is 0 Å². The van der Waals surface area contributed by atoms with Gasteiger partial charge in [0, 0.05) is 25.8 Å². The molecule has 0 aromatic carbocycles. The first-order chi connectivity index (χ1) is 7.11. The summed E-state index contributed by atoms with van der Waals surface area (Å²) in [4.78, 5) is 12.6. The van der Waals surface area contributed by atoms with Crippen LogP contribution in [0.1, 0.15) is 33.6 Å². The Morgan fingerprint density at radius 1 is 1.47 bits per heavy atom. The lowest BCUT2D eigenvalue weighted by Crippen LogP contribution is -2.38. The second kappa shape index (κ2) is 8.68. The minimum absolute atomic E-state index is 0.126. The highest BCUT2D eigenvalue weighted by Gasteiger charge is 2.14. The van der Waals surface area contributed by atoms with Gasteiger partial charge in [-0.2, -0.15) is 0 Å². The van der Waals surface area contributed by atoms with E-state index in [1.807, 2.05) is 11.8 Å². The monoisotopic (exact) mass is 217 g/mol. The van der Waals surface area contributed by atoms with Crippen LogP contribution < -0.4 is 0 Å². The summed E-state index contributed by atoms with van der Waals surface area (Å²) in [5.41, 5.74) is 0. The molecule has 0 saturated carbocycles. The van der Waals surface area contributed by atoms with Crippen molar-refractivity contribution in [1.82, 2.24) is 4.90 Å². The van der Waals surface area contributed by atoms with E-state index in [1.54, 1.807) is 0 Å². The zero-order chi connectivity index (χ0) is 11.7. The van der Waals surface area contributed by atoms with Crippen LogP contribution in [0.25, 0.3) is 0 Å². The molecule has 0 spiro atoms. The average Bonchev–Trinajstić information content (AvgIpc) is 2.21. The van der Waals surface area contributed by atoms with Gasteiger partial charge in [-0.05, 0) is 26.7 Å². The van der Waals surface area contributed by atoms with Gasteiger partial charge in [-0.1, -0.05) is 6.92 Å². The number of aliphatic carboxylic acids is 1. The number of hydrogen-bond acceptors (Lipinski definition) is 3. The fraction of sp³-hybridized carbons (Fsp3) is 0.909. The maximum absolute atomic E-state index is 10.6. The van der Waals surface area contributed by atoms with Crippen molar-refractivity contribution in [2.45, 2.75) is 39.7 Å². The second-order valence-corrected chi connectivity index (χ2v) is 3.67. The molecule has 0 amide bonds. The van der Waals surface area contributed by atoms with E-state index in [0.717, 1.165) is 26.0 Å². The summed E-state index contributed by atoms with van der Waals surface area (Å²) in [7, 11) is 0. The van der Waals surface area contributed by atoms with Gasteiger partial charge in [-0.3, -0.25) is 9.69 Å². The Hall–Kier alpha value is -0.610. The Morgan fingerprint density at radius 2 is 2.13 bits per heavy atom. The lowest BCUT2D eigenvalue weighted by molar-refractivity contribution is -0.138. The highest BCUT2D eigenvalue weighted by molar-refractivity contribution is 5.69. The molecular formula is C11H23NO3. The summed E-state index contributed by atoms with van der Waals surface area (Å²) in [6.07, 6.45) is 1.87. The van der Waals surface area contributed by atoms with Crippen LogP contribution in [-0.2, 0) is 9.53 Å². The summed E-state index contributed by atoms with van der Waals surface area (Å²) in [5, 5.41) is 8.76. The molecule has 0 fully saturated rings. The van der Waals surface area contributed by atoms with E-state index in [2.05, 4.69) is 13.8 Å². The SMILES string of the molecule is CCOCCCN(CC(=O)O)C(C)CC. The molecule has 0 saturated heterocycles. The molecule has 15 heavy (non-hydrogen) atoms. The van der Waals surface area contributed by atoms with E-state index < -0.39 is 5.97 Å². The first kappa shape index (κ1) is 14.4. The Bertz CT molecular complexity index is 173. The molecule has 4 nitrogen and oxygen atoms in total. The van der Waals surface area contributed by atoms with Crippen molar-refractivity contribution in [3.63, 3.8) is 0 Å². The molecular weight excluding hydrogens is 194 g/mol. The largest absolute Gasteiger partial charge is 0.480 e. The minimum atomic E-state index is -0.758. The Balaban J connectivity index is 3.85. The van der Waals surface area contributed by atoms with Crippen LogP contribution in [-0.4, -0.2) is 48.3 Å². The Labute approximate surface area is 92.2 Å². The predicted octanol–water partition coefficient (Wildman–Crippen LogP) is 1.60. The fourth-order valence-corrected chi connectivity index (χ4v) is 1.40. The molecule has 1 atom stereocenters. The van der Waals surface area contributed by atoms with Crippen LogP contribution in [0, 0.1) is 0 Å². The molecule has 0 aliphatic heterocycles. The van der Waals surface area contributed by atoms with Crippen LogP contribution in [0.4, 0.5) is 0 Å². The zero-order valence-electron chi connectivity index (χ0n) is 10.0. The Kier molecular flexibility index (Phi) is 8.33. The summed E-state index contributed by atoms with van der Waals surface area (Å²) < 4.78 is 5.23. The predicted molar refractivity (Wildman–Crippen MR) is 60.1 cm³/mol. The first-order valence-electron chi connectivity index (χ1n) is 5.65. The molecule has 1 unspecified atom stereocenters. The average molecular weight is 217 g/mol. The topological polar surface area (TPSA) is 49.8 Å². The maximum atomic E-state index is 10.6. The van der Waals surface area contributed by atoms with E-state index in [4.69, 9.17) is 9.84 Å². The third-order valence-corrected chi connectivity index (χ3v) is 2.49. The molecule has 0 aliphatic carbocycles. The minimum Gasteiger partial charge on any atom is -0.480 e. The van der Waals surface area contributed by atoms with Crippen molar-refractivity contribution in [2.75, 3.05) is 26.3 Å². The van der Waals surface area contributed by atoms with Gasteiger partial charge >= 0.3 is 5.97 Å². The molecule has 0 aliphatic rings. The molecule has 1 N–H and O–H groups in total. The van der Waals surface area contributed by atoms with E-state index in [1.165, 1.54) is 0 Å². The highest BCUT2D eigenvalue weighted by atomic mass is 16.5. The van der Waals surface area contributed by atoms with Gasteiger partial charge in [-0.25, -0.2) is 0 Å². The quantitative estimate of drug-likeness (QED) is 0.596. The van der Waals surface area contributed by atoms with Crippen LogP contribution in [0.3, 0.4) is 0 Å². The van der Waals surface area contributed by atoms with Crippen molar-refractivity contribution >= 4 is 5.97 Å². The fourth-order valence-electron chi connectivity index (χ4n) is 1.40. The highest BCUT2D eigenvalue weighted by Crippen LogP contribution is 2.04. The summed E-state index contributed by atoms with van der Waals surface area (Å²) in [6, 6.07) is 0.322. The molecule has 0 bridgehead atoms. The van der Waals surface area contributed by atoms with Crippen molar-refractivity contribution in [2.24, 2.45) is 0 Å². The van der Waals surface area contributed by atoms with Gasteiger partial charge in [-0.15, -0.1) is 0 Å². The van der Waals surface area contributed by atoms with E-state index in [-0.39, 0.29) is 6.54 Å². The number of carboxylic acids is 1. The standard InChI is InChI=1S/C11H23NO3/c1-4-10(3)12(9-11(13)14)7-6-8-15-5-2/h10H,4-9H2,1-3H3,(H,13,14). The van der Waals surface area contributed by atoms with Gasteiger partial charge in [0.2, 0.25) is 0 Å². The molecule has 90 valence electrons. The lowest BCUT2D eigenvalue weighted by atomic mass is 10.2. The zero-order valence-corrected chi connectivity index (χ0v) is 10.0. The van der Waals surface area contributed by atoms with Crippen LogP contribution in [0.2, 0.25) is 0 Å². The third kappa shape index (κ3) is 7.33. The molecule has 4 heteroatoms. The number of ether oxygens (including phenoxy) is 1.